The minimum atomic E-state index is -0.294. The number of carbonyl (C=O) groups excluding carboxylic acids is 2. The molecule has 5 nitrogen and oxygen atoms in total. The van der Waals surface area contributed by atoms with Crippen molar-refractivity contribution in [3.05, 3.63) is 0 Å². The normalized spacial score (nSPS) is 23.9. The van der Waals surface area contributed by atoms with Crippen molar-refractivity contribution < 1.29 is 9.59 Å². The largest absolute Gasteiger partial charge is 0.354 e. The molecule has 0 aromatic heterocycles. The summed E-state index contributed by atoms with van der Waals surface area (Å²) in [7, 11) is 0. The maximum atomic E-state index is 10.8. The molecular weight excluding hydrogens is 218 g/mol. The fourth-order valence-electron chi connectivity index (χ4n) is 2.08. The van der Waals surface area contributed by atoms with Gasteiger partial charge in [-0.1, -0.05) is 6.92 Å². The molecule has 0 spiro atoms. The molecule has 0 bridgehead atoms. The fraction of sp³-hybridized carbons (Fsp3) is 0.833. The van der Waals surface area contributed by atoms with E-state index in [1.807, 2.05) is 0 Å². The molecule has 2 aliphatic rings. The summed E-state index contributed by atoms with van der Waals surface area (Å²) < 4.78 is 0. The highest BCUT2D eigenvalue weighted by molar-refractivity contribution is 5.88. The molecule has 2 N–H and O–H groups in total. The molecule has 0 aliphatic carbocycles. The van der Waals surface area contributed by atoms with Crippen LogP contribution < -0.4 is 10.6 Å². The second-order valence-corrected chi connectivity index (χ2v) is 4.47. The Morgan fingerprint density at radius 1 is 1.47 bits per heavy atom. The third-order valence-corrected chi connectivity index (χ3v) is 3.07. The topological polar surface area (TPSA) is 61.4 Å². The van der Waals surface area contributed by atoms with Crippen LogP contribution in [0.4, 0.5) is 0 Å². The SMILES string of the molecule is CC(=O)NC1CCNC1=O.CCN1CCCC1. The summed E-state index contributed by atoms with van der Waals surface area (Å²) in [5, 5.41) is 5.16. The van der Waals surface area contributed by atoms with Crippen LogP contribution in [0.15, 0.2) is 0 Å². The molecule has 0 radical (unpaired) electrons. The first kappa shape index (κ1) is 14.0. The highest BCUT2D eigenvalue weighted by Gasteiger charge is 2.23. The number of carbonyl (C=O) groups is 2. The van der Waals surface area contributed by atoms with E-state index in [4.69, 9.17) is 0 Å². The molecule has 98 valence electrons. The predicted octanol–water partition coefficient (Wildman–Crippen LogP) is 0.113. The van der Waals surface area contributed by atoms with Gasteiger partial charge in [-0.3, -0.25) is 9.59 Å². The van der Waals surface area contributed by atoms with E-state index < -0.39 is 0 Å². The second-order valence-electron chi connectivity index (χ2n) is 4.47. The van der Waals surface area contributed by atoms with Crippen molar-refractivity contribution >= 4 is 11.8 Å². The summed E-state index contributed by atoms with van der Waals surface area (Å²) in [6, 6.07) is -0.294. The Hall–Kier alpha value is -1.10. The first-order valence-electron chi connectivity index (χ1n) is 6.40. The van der Waals surface area contributed by atoms with Crippen LogP contribution in [-0.4, -0.2) is 48.9 Å². The first-order chi connectivity index (χ1) is 8.13. The van der Waals surface area contributed by atoms with E-state index in [-0.39, 0.29) is 17.9 Å². The van der Waals surface area contributed by atoms with Crippen molar-refractivity contribution in [1.29, 1.82) is 0 Å². The third-order valence-electron chi connectivity index (χ3n) is 3.07. The van der Waals surface area contributed by atoms with E-state index >= 15 is 0 Å². The zero-order valence-electron chi connectivity index (χ0n) is 10.8. The molecule has 1 unspecified atom stereocenters. The Kier molecular flexibility index (Phi) is 5.97. The molecule has 0 saturated carbocycles. The zero-order valence-corrected chi connectivity index (χ0v) is 10.8. The van der Waals surface area contributed by atoms with Gasteiger partial charge in [-0.2, -0.15) is 0 Å². The van der Waals surface area contributed by atoms with Gasteiger partial charge >= 0.3 is 0 Å². The Labute approximate surface area is 103 Å². The summed E-state index contributed by atoms with van der Waals surface area (Å²) in [6.45, 7) is 8.24. The Morgan fingerprint density at radius 2 is 2.12 bits per heavy atom. The summed E-state index contributed by atoms with van der Waals surface area (Å²) in [5.74, 6) is -0.225. The lowest BCUT2D eigenvalue weighted by atomic mass is 10.2. The van der Waals surface area contributed by atoms with Crippen LogP contribution in [0.25, 0.3) is 0 Å². The van der Waals surface area contributed by atoms with Crippen LogP contribution in [0.3, 0.4) is 0 Å². The molecule has 17 heavy (non-hydrogen) atoms. The van der Waals surface area contributed by atoms with E-state index in [1.165, 1.54) is 39.4 Å². The van der Waals surface area contributed by atoms with Crippen molar-refractivity contribution in [3.8, 4) is 0 Å². The van der Waals surface area contributed by atoms with Crippen LogP contribution in [-0.2, 0) is 9.59 Å². The maximum Gasteiger partial charge on any atom is 0.242 e. The molecule has 0 aromatic carbocycles. The molecule has 2 saturated heterocycles. The van der Waals surface area contributed by atoms with E-state index in [2.05, 4.69) is 22.5 Å². The summed E-state index contributed by atoms with van der Waals surface area (Å²) in [5.41, 5.74) is 0. The quantitative estimate of drug-likeness (QED) is 0.721. The Balaban J connectivity index is 0.000000181. The number of hydrogen-bond acceptors (Lipinski definition) is 3. The lowest BCUT2D eigenvalue weighted by Gasteiger charge is -2.08. The van der Waals surface area contributed by atoms with Crippen LogP contribution in [0.5, 0.6) is 0 Å². The molecule has 2 amide bonds. The monoisotopic (exact) mass is 241 g/mol. The number of amides is 2. The van der Waals surface area contributed by atoms with Gasteiger partial charge in [-0.05, 0) is 38.9 Å². The minimum Gasteiger partial charge on any atom is -0.354 e. The number of likely N-dealkylation sites (tertiary alicyclic amines) is 1. The van der Waals surface area contributed by atoms with Gasteiger partial charge in [0.1, 0.15) is 6.04 Å². The molecule has 2 rings (SSSR count). The fourth-order valence-corrected chi connectivity index (χ4v) is 2.08. The molecule has 5 heteroatoms. The number of nitrogens with one attached hydrogen (secondary N) is 2. The van der Waals surface area contributed by atoms with E-state index in [0.29, 0.717) is 13.0 Å². The average molecular weight is 241 g/mol. The molecule has 2 aliphatic heterocycles. The predicted molar refractivity (Wildman–Crippen MR) is 66.6 cm³/mol. The van der Waals surface area contributed by atoms with Gasteiger partial charge in [0.15, 0.2) is 0 Å². The standard InChI is InChI=1S/C6H10N2O2.C6H13N/c1-4(9)8-5-2-3-7-6(5)10;1-2-7-5-3-4-6-7/h5H,2-3H2,1H3,(H,7,10)(H,8,9);2-6H2,1H3. The van der Waals surface area contributed by atoms with Crippen molar-refractivity contribution in [2.75, 3.05) is 26.2 Å². The van der Waals surface area contributed by atoms with Crippen LogP contribution in [0.2, 0.25) is 0 Å². The number of rotatable bonds is 2. The first-order valence-corrected chi connectivity index (χ1v) is 6.40. The average Bonchev–Trinajstić information content (AvgIpc) is 2.91. The van der Waals surface area contributed by atoms with Crippen molar-refractivity contribution in [1.82, 2.24) is 15.5 Å². The smallest absolute Gasteiger partial charge is 0.242 e. The third kappa shape index (κ3) is 5.17. The van der Waals surface area contributed by atoms with E-state index in [0.717, 1.165) is 0 Å². The van der Waals surface area contributed by atoms with Crippen LogP contribution in [0, 0.1) is 0 Å². The van der Waals surface area contributed by atoms with Gasteiger partial charge in [0.2, 0.25) is 11.8 Å². The van der Waals surface area contributed by atoms with Gasteiger partial charge in [-0.25, -0.2) is 0 Å². The number of hydrogen-bond donors (Lipinski definition) is 2. The molecule has 2 heterocycles. The zero-order chi connectivity index (χ0) is 12.7. The summed E-state index contributed by atoms with van der Waals surface area (Å²) >= 11 is 0. The lowest BCUT2D eigenvalue weighted by Crippen LogP contribution is -2.38. The van der Waals surface area contributed by atoms with Gasteiger partial charge < -0.3 is 15.5 Å². The van der Waals surface area contributed by atoms with Crippen molar-refractivity contribution in [2.45, 2.75) is 39.2 Å². The summed E-state index contributed by atoms with van der Waals surface area (Å²) in [6.07, 6.45) is 3.56. The maximum absolute atomic E-state index is 10.8. The molecular formula is C12H23N3O2. The molecule has 1 atom stereocenters. The van der Waals surface area contributed by atoms with E-state index in [1.54, 1.807) is 0 Å². The van der Waals surface area contributed by atoms with Crippen LogP contribution >= 0.6 is 0 Å². The van der Waals surface area contributed by atoms with Crippen LogP contribution in [0.1, 0.15) is 33.1 Å². The Bertz CT molecular complexity index is 262. The molecule has 0 aromatic rings. The summed E-state index contributed by atoms with van der Waals surface area (Å²) in [4.78, 5) is 23.7. The highest BCUT2D eigenvalue weighted by atomic mass is 16.2. The van der Waals surface area contributed by atoms with Gasteiger partial charge in [0.25, 0.3) is 0 Å². The van der Waals surface area contributed by atoms with Gasteiger partial charge in [-0.15, -0.1) is 0 Å². The Morgan fingerprint density at radius 3 is 2.47 bits per heavy atom. The second kappa shape index (κ2) is 7.27. The highest BCUT2D eigenvalue weighted by Crippen LogP contribution is 2.04. The number of nitrogens with zero attached hydrogens (tertiary/aromatic N) is 1. The van der Waals surface area contributed by atoms with Crippen molar-refractivity contribution in [2.24, 2.45) is 0 Å². The van der Waals surface area contributed by atoms with Gasteiger partial charge in [0.05, 0.1) is 0 Å². The van der Waals surface area contributed by atoms with E-state index in [9.17, 15) is 9.59 Å². The van der Waals surface area contributed by atoms with Gasteiger partial charge in [0, 0.05) is 13.5 Å². The minimum absolute atomic E-state index is 0.0739. The van der Waals surface area contributed by atoms with Crippen molar-refractivity contribution in [3.63, 3.8) is 0 Å². The lowest BCUT2D eigenvalue weighted by molar-refractivity contribution is -0.126. The molecule has 2 fully saturated rings.